The molecule has 0 aliphatic carbocycles. The number of aromatic nitrogens is 7. The maximum atomic E-state index is 14.3. The summed E-state index contributed by atoms with van der Waals surface area (Å²) in [6.07, 6.45) is 0.0998. The average molecular weight is 529 g/mol. The third kappa shape index (κ3) is 4.44. The number of hydrogen-bond acceptors (Lipinski definition) is 7. The Kier molecular flexibility index (Phi) is 5.99. The number of halogens is 4. The summed E-state index contributed by atoms with van der Waals surface area (Å²) in [5.74, 6) is -0.611. The van der Waals surface area contributed by atoms with Crippen molar-refractivity contribution in [1.29, 1.82) is 0 Å². The first-order valence-electron chi connectivity index (χ1n) is 10.6. The smallest absolute Gasteiger partial charge is 0.434 e. The van der Waals surface area contributed by atoms with Gasteiger partial charge in [-0.25, -0.2) is 14.6 Å². The Balaban J connectivity index is 1.53. The number of hydrogen-bond donors (Lipinski definition) is 1. The number of alkyl halides is 3. The summed E-state index contributed by atoms with van der Waals surface area (Å²) >= 11 is 6.24. The molecule has 0 spiro atoms. The van der Waals surface area contributed by atoms with Gasteiger partial charge in [-0.3, -0.25) is 4.79 Å². The molecule has 0 atom stereocenters. The standard InChI is InChI=1S/C23H16ClF3N8O2/c1-12-9-31-35(33-12)20-17(24)8-13(10-29-20)32-21(36)16-11-30-34(19(16)23(25,26)27)18-5-3-4-15-14(18)6-7-28-22(15)37-2/h3-11H,1-2H3,(H,32,36). The minimum absolute atomic E-state index is 0.0736. The summed E-state index contributed by atoms with van der Waals surface area (Å²) in [5, 5.41) is 15.4. The highest BCUT2D eigenvalue weighted by Gasteiger charge is 2.41. The molecule has 5 aromatic rings. The van der Waals surface area contributed by atoms with Crippen LogP contribution in [-0.4, -0.2) is 47.8 Å². The zero-order chi connectivity index (χ0) is 26.3. The lowest BCUT2D eigenvalue weighted by atomic mass is 10.1. The van der Waals surface area contributed by atoms with Crippen LogP contribution in [0.5, 0.6) is 5.88 Å². The topological polar surface area (TPSA) is 113 Å². The van der Waals surface area contributed by atoms with Gasteiger partial charge in [-0.1, -0.05) is 17.7 Å². The molecule has 4 heterocycles. The lowest BCUT2D eigenvalue weighted by Gasteiger charge is -2.15. The van der Waals surface area contributed by atoms with E-state index in [4.69, 9.17) is 16.3 Å². The Morgan fingerprint density at radius 2 is 1.89 bits per heavy atom. The van der Waals surface area contributed by atoms with Crippen LogP contribution in [0.2, 0.25) is 5.02 Å². The monoisotopic (exact) mass is 528 g/mol. The van der Waals surface area contributed by atoms with Gasteiger partial charge in [0.25, 0.3) is 5.91 Å². The van der Waals surface area contributed by atoms with E-state index in [2.05, 4.69) is 30.6 Å². The van der Waals surface area contributed by atoms with Crippen molar-refractivity contribution < 1.29 is 22.7 Å². The van der Waals surface area contributed by atoms with Crippen LogP contribution in [0.1, 0.15) is 21.7 Å². The number of aryl methyl sites for hydroxylation is 1. The highest BCUT2D eigenvalue weighted by Crippen LogP contribution is 2.36. The molecule has 5 rings (SSSR count). The van der Waals surface area contributed by atoms with Crippen LogP contribution in [0.3, 0.4) is 0 Å². The number of nitrogens with zero attached hydrogens (tertiary/aromatic N) is 7. The van der Waals surface area contributed by atoms with Crippen LogP contribution in [0.15, 0.2) is 55.1 Å². The van der Waals surface area contributed by atoms with Crippen LogP contribution in [-0.2, 0) is 6.18 Å². The number of pyridine rings is 2. The van der Waals surface area contributed by atoms with Crippen molar-refractivity contribution in [2.45, 2.75) is 13.1 Å². The Labute approximate surface area is 211 Å². The van der Waals surface area contributed by atoms with E-state index in [9.17, 15) is 18.0 Å². The molecule has 0 aliphatic heterocycles. The lowest BCUT2D eigenvalue weighted by molar-refractivity contribution is -0.143. The quantitative estimate of drug-likeness (QED) is 0.353. The van der Waals surface area contributed by atoms with Gasteiger partial charge >= 0.3 is 6.18 Å². The third-order valence-corrected chi connectivity index (χ3v) is 5.60. The number of benzene rings is 1. The second-order valence-corrected chi connectivity index (χ2v) is 8.18. The number of carbonyl (C=O) groups is 1. The second-order valence-electron chi connectivity index (χ2n) is 7.77. The minimum atomic E-state index is -4.91. The molecule has 188 valence electrons. The number of ether oxygens (including phenoxy) is 1. The maximum Gasteiger partial charge on any atom is 0.434 e. The van der Waals surface area contributed by atoms with E-state index in [0.29, 0.717) is 21.1 Å². The van der Waals surface area contributed by atoms with Gasteiger partial charge in [0.1, 0.15) is 0 Å². The number of rotatable bonds is 5. The number of methoxy groups -OCH3 is 1. The number of fused-ring (bicyclic) bond motifs is 1. The number of anilines is 1. The summed E-state index contributed by atoms with van der Waals surface area (Å²) in [6, 6.07) is 7.55. The Hall–Kier alpha value is -4.52. The molecule has 37 heavy (non-hydrogen) atoms. The third-order valence-electron chi connectivity index (χ3n) is 5.33. The molecule has 0 saturated heterocycles. The van der Waals surface area contributed by atoms with Crippen molar-refractivity contribution in [3.63, 3.8) is 0 Å². The van der Waals surface area contributed by atoms with Gasteiger partial charge in [-0.05, 0) is 31.2 Å². The molecular formula is C23H16ClF3N8O2. The van der Waals surface area contributed by atoms with Gasteiger partial charge in [0.15, 0.2) is 11.5 Å². The van der Waals surface area contributed by atoms with Gasteiger partial charge < -0.3 is 10.1 Å². The van der Waals surface area contributed by atoms with E-state index in [1.807, 2.05) is 0 Å². The Bertz CT molecular complexity index is 1650. The molecule has 1 N–H and O–H groups in total. The highest BCUT2D eigenvalue weighted by atomic mass is 35.5. The summed E-state index contributed by atoms with van der Waals surface area (Å²) in [6.45, 7) is 1.73. The fourth-order valence-electron chi connectivity index (χ4n) is 3.77. The predicted molar refractivity (Wildman–Crippen MR) is 127 cm³/mol. The lowest BCUT2D eigenvalue weighted by Crippen LogP contribution is -2.21. The van der Waals surface area contributed by atoms with Gasteiger partial charge in [-0.2, -0.15) is 28.5 Å². The zero-order valence-electron chi connectivity index (χ0n) is 19.2. The molecule has 1 amide bonds. The number of carbonyl (C=O) groups excluding carboxylic acids is 1. The molecule has 1 aromatic carbocycles. The molecule has 0 aliphatic rings. The second kappa shape index (κ2) is 9.17. The van der Waals surface area contributed by atoms with Crippen molar-refractivity contribution in [2.75, 3.05) is 12.4 Å². The highest BCUT2D eigenvalue weighted by molar-refractivity contribution is 6.32. The summed E-state index contributed by atoms with van der Waals surface area (Å²) in [7, 11) is 1.41. The molecule has 10 nitrogen and oxygen atoms in total. The van der Waals surface area contributed by atoms with E-state index >= 15 is 0 Å². The molecule has 0 bridgehead atoms. The van der Waals surface area contributed by atoms with Crippen LogP contribution >= 0.6 is 11.6 Å². The van der Waals surface area contributed by atoms with Gasteiger partial charge in [-0.15, -0.1) is 4.80 Å². The van der Waals surface area contributed by atoms with E-state index in [0.717, 1.165) is 6.20 Å². The molecule has 0 saturated carbocycles. The molecule has 0 unspecified atom stereocenters. The average Bonchev–Trinajstić information content (AvgIpc) is 3.50. The van der Waals surface area contributed by atoms with E-state index < -0.39 is 23.3 Å². The van der Waals surface area contributed by atoms with Crippen molar-refractivity contribution >= 4 is 34.0 Å². The minimum Gasteiger partial charge on any atom is -0.481 e. The Morgan fingerprint density at radius 3 is 2.57 bits per heavy atom. The van der Waals surface area contributed by atoms with Crippen molar-refractivity contribution in [1.82, 2.24) is 34.7 Å². The normalized spacial score (nSPS) is 11.6. The van der Waals surface area contributed by atoms with Crippen molar-refractivity contribution in [2.24, 2.45) is 0 Å². The summed E-state index contributed by atoms with van der Waals surface area (Å²) < 4.78 is 48.7. The van der Waals surface area contributed by atoms with E-state index in [1.165, 1.54) is 42.6 Å². The summed E-state index contributed by atoms with van der Waals surface area (Å²) in [4.78, 5) is 22.4. The fourth-order valence-corrected chi connectivity index (χ4v) is 4.01. The first-order chi connectivity index (χ1) is 17.7. The molecule has 14 heteroatoms. The van der Waals surface area contributed by atoms with Crippen LogP contribution in [0.25, 0.3) is 22.3 Å². The Morgan fingerprint density at radius 1 is 1.08 bits per heavy atom. The van der Waals surface area contributed by atoms with E-state index in [1.54, 1.807) is 25.1 Å². The largest absolute Gasteiger partial charge is 0.481 e. The number of amides is 1. The number of nitrogens with one attached hydrogen (secondary N) is 1. The van der Waals surface area contributed by atoms with Crippen LogP contribution in [0.4, 0.5) is 18.9 Å². The molecular weight excluding hydrogens is 513 g/mol. The molecule has 4 aromatic heterocycles. The maximum absolute atomic E-state index is 14.3. The molecule has 0 fully saturated rings. The van der Waals surface area contributed by atoms with Crippen LogP contribution < -0.4 is 10.1 Å². The fraction of sp³-hybridized carbons (Fsp3) is 0.130. The van der Waals surface area contributed by atoms with Gasteiger partial charge in [0.2, 0.25) is 5.88 Å². The van der Waals surface area contributed by atoms with E-state index in [-0.39, 0.29) is 28.1 Å². The first kappa shape index (κ1) is 24.2. The predicted octanol–water partition coefficient (Wildman–Crippen LogP) is 4.64. The van der Waals surface area contributed by atoms with Crippen LogP contribution in [0, 0.1) is 6.92 Å². The SMILES string of the molecule is COc1nccc2c(-n3ncc(C(=O)Nc4cnc(-n5ncc(C)n5)c(Cl)c4)c3C(F)(F)F)cccc12. The zero-order valence-corrected chi connectivity index (χ0v) is 19.9. The summed E-state index contributed by atoms with van der Waals surface area (Å²) in [5.41, 5.74) is -1.13. The van der Waals surface area contributed by atoms with Gasteiger partial charge in [0, 0.05) is 17.0 Å². The van der Waals surface area contributed by atoms with Crippen molar-refractivity contribution in [3.05, 3.63) is 77.1 Å². The first-order valence-corrected chi connectivity index (χ1v) is 11.0. The molecule has 0 radical (unpaired) electrons. The van der Waals surface area contributed by atoms with Gasteiger partial charge in [0.05, 0.1) is 53.4 Å². The van der Waals surface area contributed by atoms with Crippen molar-refractivity contribution in [3.8, 4) is 17.4 Å².